The van der Waals surface area contributed by atoms with Gasteiger partial charge in [-0.1, -0.05) is 0 Å². The number of carbonyl (C=O) groups is 1. The van der Waals surface area contributed by atoms with Crippen LogP contribution in [0, 0.1) is 0 Å². The highest BCUT2D eigenvalue weighted by atomic mass is 32.2. The van der Waals surface area contributed by atoms with E-state index in [4.69, 9.17) is 4.74 Å². The lowest BCUT2D eigenvalue weighted by Gasteiger charge is -2.48. The van der Waals surface area contributed by atoms with Crippen molar-refractivity contribution in [2.75, 3.05) is 62.4 Å². The maximum Gasteiger partial charge on any atom is 0.248 e. The normalized spacial score (nSPS) is 24.2. The van der Waals surface area contributed by atoms with Crippen molar-refractivity contribution in [2.24, 2.45) is 0 Å². The summed E-state index contributed by atoms with van der Waals surface area (Å²) in [6, 6.07) is 2.04. The third kappa shape index (κ3) is 3.62. The molecule has 1 atom stereocenters. The lowest BCUT2D eigenvalue weighted by molar-refractivity contribution is -0.136. The van der Waals surface area contributed by atoms with Crippen molar-refractivity contribution < 1.29 is 9.53 Å². The molecule has 4 heterocycles. The molecule has 142 valence electrons. The smallest absolute Gasteiger partial charge is 0.248 e. The highest BCUT2D eigenvalue weighted by Gasteiger charge is 2.50. The van der Waals surface area contributed by atoms with E-state index in [-0.39, 0.29) is 23.4 Å². The average Bonchev–Trinajstić information content (AvgIpc) is 3.28. The van der Waals surface area contributed by atoms with E-state index in [2.05, 4.69) is 14.9 Å². The molecule has 3 aliphatic heterocycles. The monoisotopic (exact) mass is 377 g/mol. The van der Waals surface area contributed by atoms with Crippen LogP contribution < -0.4 is 9.80 Å². The molecule has 1 amide bonds. The predicted molar refractivity (Wildman–Crippen MR) is 104 cm³/mol. The summed E-state index contributed by atoms with van der Waals surface area (Å²) in [5, 5.41) is 0. The summed E-state index contributed by atoms with van der Waals surface area (Å²) in [6.07, 6.45) is 5.10. The highest BCUT2D eigenvalue weighted by molar-refractivity contribution is 8.01. The number of hydrogen-bond donors (Lipinski definition) is 0. The van der Waals surface area contributed by atoms with Gasteiger partial charge in [-0.25, -0.2) is 9.97 Å². The van der Waals surface area contributed by atoms with Crippen LogP contribution in [-0.4, -0.2) is 84.3 Å². The van der Waals surface area contributed by atoms with Crippen molar-refractivity contribution in [3.63, 3.8) is 0 Å². The van der Waals surface area contributed by atoms with E-state index in [1.807, 2.05) is 41.7 Å². The Morgan fingerprint density at radius 1 is 1.35 bits per heavy atom. The lowest BCUT2D eigenvalue weighted by atomic mass is 9.93. The van der Waals surface area contributed by atoms with E-state index < -0.39 is 0 Å². The van der Waals surface area contributed by atoms with Gasteiger partial charge in [0.1, 0.15) is 24.6 Å². The van der Waals surface area contributed by atoms with Gasteiger partial charge >= 0.3 is 0 Å². The zero-order chi connectivity index (χ0) is 18.1. The molecular formula is C18H27N5O2S. The Morgan fingerprint density at radius 3 is 2.85 bits per heavy atom. The Bertz CT molecular complexity index is 659. The molecule has 1 aromatic rings. The first-order chi connectivity index (χ1) is 12.5. The largest absolute Gasteiger partial charge is 0.367 e. The van der Waals surface area contributed by atoms with Crippen LogP contribution in [0.4, 0.5) is 11.6 Å². The zero-order valence-corrected chi connectivity index (χ0v) is 16.4. The molecule has 0 saturated carbocycles. The van der Waals surface area contributed by atoms with E-state index in [1.54, 1.807) is 6.33 Å². The van der Waals surface area contributed by atoms with Gasteiger partial charge in [0, 0.05) is 52.1 Å². The van der Waals surface area contributed by atoms with Crippen LogP contribution >= 0.6 is 11.8 Å². The van der Waals surface area contributed by atoms with Crippen molar-refractivity contribution in [3.05, 3.63) is 12.4 Å². The molecular weight excluding hydrogens is 350 g/mol. The summed E-state index contributed by atoms with van der Waals surface area (Å²) in [7, 11) is 3.98. The van der Waals surface area contributed by atoms with E-state index >= 15 is 0 Å². The van der Waals surface area contributed by atoms with Crippen molar-refractivity contribution in [3.8, 4) is 0 Å². The summed E-state index contributed by atoms with van der Waals surface area (Å²) < 4.78 is 6.19. The fourth-order valence-corrected chi connectivity index (χ4v) is 5.49. The van der Waals surface area contributed by atoms with E-state index in [0.717, 1.165) is 62.8 Å². The Kier molecular flexibility index (Phi) is 4.96. The second-order valence-corrected chi connectivity index (χ2v) is 9.19. The quantitative estimate of drug-likeness (QED) is 0.765. The number of rotatable bonds is 5. The Labute approximate surface area is 159 Å². The SMILES string of the molecule is CN(C)c1cc(N2CC3(C[C@H](OCC(=O)N4CCCC4)CS3)C2)ncn1. The fraction of sp³-hybridized carbons (Fsp3) is 0.722. The van der Waals surface area contributed by atoms with Crippen LogP contribution in [0.1, 0.15) is 19.3 Å². The molecule has 8 heteroatoms. The molecule has 1 aromatic heterocycles. The van der Waals surface area contributed by atoms with Crippen molar-refractivity contribution in [1.82, 2.24) is 14.9 Å². The number of hydrogen-bond acceptors (Lipinski definition) is 7. The van der Waals surface area contributed by atoms with Crippen LogP contribution in [0.3, 0.4) is 0 Å². The van der Waals surface area contributed by atoms with Gasteiger partial charge < -0.3 is 19.4 Å². The number of carbonyl (C=O) groups excluding carboxylic acids is 1. The van der Waals surface area contributed by atoms with Crippen LogP contribution in [-0.2, 0) is 9.53 Å². The topological polar surface area (TPSA) is 61.8 Å². The molecule has 3 aliphatic rings. The second kappa shape index (κ2) is 7.23. The van der Waals surface area contributed by atoms with Crippen molar-refractivity contribution >= 4 is 29.3 Å². The Balaban J connectivity index is 1.26. The molecule has 7 nitrogen and oxygen atoms in total. The van der Waals surface area contributed by atoms with Crippen LogP contribution in [0.25, 0.3) is 0 Å². The minimum absolute atomic E-state index is 0.154. The summed E-state index contributed by atoms with van der Waals surface area (Å²) in [6.45, 7) is 4.01. The van der Waals surface area contributed by atoms with Gasteiger partial charge in [0.25, 0.3) is 0 Å². The van der Waals surface area contributed by atoms with Crippen molar-refractivity contribution in [2.45, 2.75) is 30.1 Å². The zero-order valence-electron chi connectivity index (χ0n) is 15.6. The van der Waals surface area contributed by atoms with Gasteiger partial charge in [-0.2, -0.15) is 0 Å². The number of ether oxygens (including phenoxy) is 1. The van der Waals surface area contributed by atoms with Gasteiger partial charge in [-0.05, 0) is 19.3 Å². The van der Waals surface area contributed by atoms with Crippen LogP contribution in [0.2, 0.25) is 0 Å². The maximum absolute atomic E-state index is 12.1. The molecule has 0 N–H and O–H groups in total. The third-order valence-electron chi connectivity index (χ3n) is 5.45. The first-order valence-corrected chi connectivity index (χ1v) is 10.3. The molecule has 3 saturated heterocycles. The minimum Gasteiger partial charge on any atom is -0.367 e. The number of aromatic nitrogens is 2. The first-order valence-electron chi connectivity index (χ1n) is 9.32. The predicted octanol–water partition coefficient (Wildman–Crippen LogP) is 1.25. The van der Waals surface area contributed by atoms with E-state index in [9.17, 15) is 4.79 Å². The molecule has 1 spiro atoms. The van der Waals surface area contributed by atoms with Crippen LogP contribution in [0.5, 0.6) is 0 Å². The van der Waals surface area contributed by atoms with Gasteiger partial charge in [0.15, 0.2) is 0 Å². The molecule has 4 rings (SSSR count). The molecule has 0 aliphatic carbocycles. The highest BCUT2D eigenvalue weighted by Crippen LogP contribution is 2.47. The molecule has 0 bridgehead atoms. The molecule has 0 aromatic carbocycles. The molecule has 26 heavy (non-hydrogen) atoms. The molecule has 0 radical (unpaired) electrons. The second-order valence-electron chi connectivity index (χ2n) is 7.70. The van der Waals surface area contributed by atoms with Crippen LogP contribution in [0.15, 0.2) is 12.4 Å². The summed E-state index contributed by atoms with van der Waals surface area (Å²) >= 11 is 1.99. The summed E-state index contributed by atoms with van der Waals surface area (Å²) in [5.74, 6) is 3.05. The number of nitrogens with zero attached hydrogens (tertiary/aromatic N) is 5. The minimum atomic E-state index is 0.154. The fourth-order valence-electron chi connectivity index (χ4n) is 3.94. The van der Waals surface area contributed by atoms with Gasteiger partial charge in [-0.3, -0.25) is 4.79 Å². The van der Waals surface area contributed by atoms with Gasteiger partial charge in [0.2, 0.25) is 5.91 Å². The Hall–Kier alpha value is -1.54. The van der Waals surface area contributed by atoms with E-state index in [0.29, 0.717) is 0 Å². The maximum atomic E-state index is 12.1. The first kappa shape index (κ1) is 17.9. The number of anilines is 2. The van der Waals surface area contributed by atoms with Gasteiger partial charge in [0.05, 0.1) is 10.9 Å². The lowest BCUT2D eigenvalue weighted by Crippen LogP contribution is -2.59. The number of thioether (sulfide) groups is 1. The summed E-state index contributed by atoms with van der Waals surface area (Å²) in [5.41, 5.74) is 0. The standard InChI is InChI=1S/C18H27N5O2S/c1-21(2)15-7-16(20-13-19-15)23-11-18(12-23)8-14(10-26-18)25-9-17(24)22-5-3-4-6-22/h7,13-14H,3-6,8-12H2,1-2H3/t14-/m0/s1. The molecule has 0 unspecified atom stereocenters. The molecule has 3 fully saturated rings. The van der Waals surface area contributed by atoms with Crippen molar-refractivity contribution in [1.29, 1.82) is 0 Å². The van der Waals surface area contributed by atoms with E-state index in [1.165, 1.54) is 0 Å². The third-order valence-corrected chi connectivity index (χ3v) is 7.03. The number of amides is 1. The Morgan fingerprint density at radius 2 is 2.12 bits per heavy atom. The number of likely N-dealkylation sites (tertiary alicyclic amines) is 1. The average molecular weight is 378 g/mol. The summed E-state index contributed by atoms with van der Waals surface area (Å²) in [4.78, 5) is 27.1. The van der Waals surface area contributed by atoms with Gasteiger partial charge in [-0.15, -0.1) is 11.8 Å².